The highest BCUT2D eigenvalue weighted by Gasteiger charge is 2.16. The predicted octanol–water partition coefficient (Wildman–Crippen LogP) is 7.58. The molecule has 0 aromatic heterocycles. The smallest absolute Gasteiger partial charge is 0.0846 e. The summed E-state index contributed by atoms with van der Waals surface area (Å²) in [7, 11) is 0. The van der Waals surface area contributed by atoms with Crippen molar-refractivity contribution in [2.75, 3.05) is 0 Å². The molecule has 0 atom stereocenters. The van der Waals surface area contributed by atoms with E-state index in [9.17, 15) is 0 Å². The fourth-order valence-corrected chi connectivity index (χ4v) is 5.19. The van der Waals surface area contributed by atoms with Crippen molar-refractivity contribution in [1.29, 1.82) is 0 Å². The summed E-state index contributed by atoms with van der Waals surface area (Å²) in [5.74, 6) is 0. The minimum absolute atomic E-state index is 0.177. The fraction of sp³-hybridized carbons (Fsp3) is 0.0526. The molecule has 0 aliphatic heterocycles. The van der Waals surface area contributed by atoms with Crippen LogP contribution in [0.5, 0.6) is 0 Å². The average molecular weight is 377 g/mol. The van der Waals surface area contributed by atoms with Crippen molar-refractivity contribution in [2.45, 2.75) is 14.4 Å². The third-order valence-corrected chi connectivity index (χ3v) is 6.20. The quantitative estimate of drug-likeness (QED) is 0.332. The van der Waals surface area contributed by atoms with Crippen molar-refractivity contribution in [3.63, 3.8) is 0 Å². The van der Waals surface area contributed by atoms with Crippen molar-refractivity contribution >= 4 is 46.7 Å². The van der Waals surface area contributed by atoms with Gasteiger partial charge in [0.2, 0.25) is 0 Å². The van der Waals surface area contributed by atoms with E-state index in [4.69, 9.17) is 23.2 Å². The molecule has 0 fully saturated rings. The lowest BCUT2D eigenvalue weighted by Gasteiger charge is -2.17. The molecule has 0 spiro atoms. The molecular weight excluding hydrogens is 363 g/mol. The van der Waals surface area contributed by atoms with Gasteiger partial charge < -0.3 is 0 Å². The maximum atomic E-state index is 6.20. The van der Waals surface area contributed by atoms with E-state index in [2.05, 4.69) is 48.5 Å². The van der Waals surface area contributed by atoms with Crippen molar-refractivity contribution in [1.82, 2.24) is 0 Å². The Morgan fingerprint density at radius 2 is 1.04 bits per heavy atom. The molecule has 4 heteroatoms. The second kappa shape index (κ2) is 8.16. The van der Waals surface area contributed by atoms with Gasteiger partial charge in [0.15, 0.2) is 0 Å². The molecule has 3 aromatic carbocycles. The largest absolute Gasteiger partial charge is 0.106 e. The van der Waals surface area contributed by atoms with Gasteiger partial charge in [0.1, 0.15) is 0 Å². The Kier molecular flexibility index (Phi) is 5.96. The number of rotatable bonds is 5. The second-order valence-electron chi connectivity index (χ2n) is 4.90. The highest BCUT2D eigenvalue weighted by Crippen LogP contribution is 2.47. The Morgan fingerprint density at radius 1 is 0.609 bits per heavy atom. The molecule has 116 valence electrons. The minimum Gasteiger partial charge on any atom is -0.106 e. The van der Waals surface area contributed by atoms with E-state index in [1.807, 2.05) is 24.3 Å². The van der Waals surface area contributed by atoms with Crippen molar-refractivity contribution in [3.8, 4) is 0 Å². The van der Waals surface area contributed by atoms with Gasteiger partial charge in [-0.25, -0.2) is 0 Å². The molecule has 0 amide bonds. The van der Waals surface area contributed by atoms with Gasteiger partial charge in [-0.1, -0.05) is 59.6 Å². The zero-order chi connectivity index (χ0) is 16.1. The summed E-state index contributed by atoms with van der Waals surface area (Å²) in [6.07, 6.45) is 0. The SMILES string of the molecule is Clc1cc(Cl)cc(C(Sc2ccccc2)Sc2ccccc2)c1. The van der Waals surface area contributed by atoms with Gasteiger partial charge in [0, 0.05) is 19.8 Å². The minimum atomic E-state index is 0.177. The lowest BCUT2D eigenvalue weighted by molar-refractivity contribution is 1.33. The Labute approximate surface area is 155 Å². The molecule has 0 nitrogen and oxygen atoms in total. The topological polar surface area (TPSA) is 0 Å². The average Bonchev–Trinajstić information content (AvgIpc) is 2.55. The molecule has 0 saturated heterocycles. The highest BCUT2D eigenvalue weighted by molar-refractivity contribution is 8.16. The van der Waals surface area contributed by atoms with Crippen LogP contribution in [0, 0.1) is 0 Å². The van der Waals surface area contributed by atoms with Gasteiger partial charge in [0.25, 0.3) is 0 Å². The number of thioether (sulfide) groups is 2. The molecule has 0 unspecified atom stereocenters. The number of halogens is 2. The maximum Gasteiger partial charge on any atom is 0.0846 e. The van der Waals surface area contributed by atoms with Crippen LogP contribution < -0.4 is 0 Å². The highest BCUT2D eigenvalue weighted by atomic mass is 35.5. The molecule has 0 N–H and O–H groups in total. The number of benzene rings is 3. The van der Waals surface area contributed by atoms with E-state index in [0.29, 0.717) is 10.0 Å². The Hall–Kier alpha value is -1.06. The maximum absolute atomic E-state index is 6.20. The van der Waals surface area contributed by atoms with Crippen molar-refractivity contribution < 1.29 is 0 Å². The van der Waals surface area contributed by atoms with Crippen LogP contribution in [0.15, 0.2) is 88.7 Å². The van der Waals surface area contributed by atoms with Crippen LogP contribution in [0.1, 0.15) is 10.1 Å². The van der Waals surface area contributed by atoms with Crippen molar-refractivity contribution in [2.24, 2.45) is 0 Å². The van der Waals surface area contributed by atoms with E-state index in [0.717, 1.165) is 5.56 Å². The molecule has 0 heterocycles. The van der Waals surface area contributed by atoms with Crippen LogP contribution in [-0.2, 0) is 0 Å². The van der Waals surface area contributed by atoms with E-state index in [-0.39, 0.29) is 4.58 Å². The molecule has 3 rings (SSSR count). The van der Waals surface area contributed by atoms with Crippen LogP contribution in [0.2, 0.25) is 10.0 Å². The van der Waals surface area contributed by atoms with Gasteiger partial charge in [-0.15, -0.1) is 23.5 Å². The summed E-state index contributed by atoms with van der Waals surface area (Å²) in [4.78, 5) is 2.44. The molecule has 0 bridgehead atoms. The van der Waals surface area contributed by atoms with Gasteiger partial charge in [-0.3, -0.25) is 0 Å². The molecule has 0 aliphatic carbocycles. The van der Waals surface area contributed by atoms with Crippen LogP contribution in [0.3, 0.4) is 0 Å². The van der Waals surface area contributed by atoms with Crippen LogP contribution in [-0.4, -0.2) is 0 Å². The summed E-state index contributed by atoms with van der Waals surface area (Å²) in [5.41, 5.74) is 1.12. The number of hydrogen-bond donors (Lipinski definition) is 0. The molecule has 0 radical (unpaired) electrons. The summed E-state index contributed by atoms with van der Waals surface area (Å²) in [6, 6.07) is 26.5. The zero-order valence-corrected chi connectivity index (χ0v) is 15.3. The van der Waals surface area contributed by atoms with Crippen LogP contribution in [0.4, 0.5) is 0 Å². The molecule has 0 saturated carbocycles. The molecule has 23 heavy (non-hydrogen) atoms. The standard InChI is InChI=1S/C19H14Cl2S2/c20-15-11-14(12-16(21)13-15)19(22-17-7-3-1-4-8-17)23-18-9-5-2-6-10-18/h1-13,19H. The first kappa shape index (κ1) is 16.8. The predicted molar refractivity (Wildman–Crippen MR) is 104 cm³/mol. The molecule has 0 aliphatic rings. The van der Waals surface area contributed by atoms with E-state index in [1.54, 1.807) is 29.6 Å². The normalized spacial score (nSPS) is 10.9. The van der Waals surface area contributed by atoms with Gasteiger partial charge in [-0.05, 0) is 48.0 Å². The van der Waals surface area contributed by atoms with Crippen molar-refractivity contribution in [3.05, 3.63) is 94.5 Å². The lowest BCUT2D eigenvalue weighted by atomic mass is 10.2. The van der Waals surface area contributed by atoms with E-state index >= 15 is 0 Å². The summed E-state index contributed by atoms with van der Waals surface area (Å²) < 4.78 is 0.177. The summed E-state index contributed by atoms with van der Waals surface area (Å²) in [5, 5.41) is 1.33. The van der Waals surface area contributed by atoms with Gasteiger partial charge in [-0.2, -0.15) is 0 Å². The molecular formula is C19H14Cl2S2. The third-order valence-electron chi connectivity index (χ3n) is 3.13. The van der Waals surface area contributed by atoms with E-state index < -0.39 is 0 Å². The van der Waals surface area contributed by atoms with Gasteiger partial charge in [0.05, 0.1) is 4.58 Å². The monoisotopic (exact) mass is 376 g/mol. The first-order chi connectivity index (χ1) is 11.2. The fourth-order valence-electron chi connectivity index (χ4n) is 2.12. The Balaban J connectivity index is 1.92. The lowest BCUT2D eigenvalue weighted by Crippen LogP contribution is -1.90. The third kappa shape index (κ3) is 4.95. The molecule has 3 aromatic rings. The zero-order valence-electron chi connectivity index (χ0n) is 12.2. The Morgan fingerprint density at radius 3 is 1.48 bits per heavy atom. The first-order valence-corrected chi connectivity index (χ1v) is 9.61. The summed E-state index contributed by atoms with van der Waals surface area (Å²) >= 11 is 16.0. The van der Waals surface area contributed by atoms with E-state index in [1.165, 1.54) is 9.79 Å². The number of hydrogen-bond acceptors (Lipinski definition) is 2. The first-order valence-electron chi connectivity index (χ1n) is 7.10. The van der Waals surface area contributed by atoms with Gasteiger partial charge >= 0.3 is 0 Å². The van der Waals surface area contributed by atoms with Crippen LogP contribution in [0.25, 0.3) is 0 Å². The van der Waals surface area contributed by atoms with Crippen LogP contribution >= 0.6 is 46.7 Å². The second-order valence-corrected chi connectivity index (χ2v) is 8.42. The summed E-state index contributed by atoms with van der Waals surface area (Å²) in [6.45, 7) is 0. The Bertz CT molecular complexity index is 699.